The molecule has 5 nitrogen and oxygen atoms in total. The number of carbonyl (C=O) groups is 1. The van der Waals surface area contributed by atoms with Crippen LogP contribution in [0.4, 0.5) is 15.8 Å². The highest BCUT2D eigenvalue weighted by Crippen LogP contribution is 2.25. The molecule has 0 saturated heterocycles. The number of amides is 1. The molecule has 1 amide bonds. The van der Waals surface area contributed by atoms with E-state index >= 15 is 0 Å². The van der Waals surface area contributed by atoms with Gasteiger partial charge in [-0.15, -0.1) is 0 Å². The Balaban J connectivity index is 2.46. The van der Waals surface area contributed by atoms with Crippen molar-refractivity contribution in [2.75, 3.05) is 5.32 Å². The van der Waals surface area contributed by atoms with Gasteiger partial charge in [-0.3, -0.25) is 10.0 Å². The van der Waals surface area contributed by atoms with Crippen molar-refractivity contribution in [2.24, 2.45) is 0 Å². The van der Waals surface area contributed by atoms with Gasteiger partial charge in [0.05, 0.1) is 28.6 Å². The SMILES string of the molecule is Cc1ccc(Nc2cc(C#N)ccc2C(=O)NO)c(F)c1. The maximum absolute atomic E-state index is 13.9. The average Bonchev–Trinajstić information content (AvgIpc) is 2.49. The van der Waals surface area contributed by atoms with E-state index in [0.29, 0.717) is 5.56 Å². The van der Waals surface area contributed by atoms with Gasteiger partial charge in [0.25, 0.3) is 5.91 Å². The van der Waals surface area contributed by atoms with Gasteiger partial charge in [0.2, 0.25) is 0 Å². The molecule has 0 fully saturated rings. The van der Waals surface area contributed by atoms with Gasteiger partial charge in [-0.25, -0.2) is 9.87 Å². The molecule has 0 atom stereocenters. The number of anilines is 2. The fraction of sp³-hybridized carbons (Fsp3) is 0.0667. The largest absolute Gasteiger partial charge is 0.352 e. The van der Waals surface area contributed by atoms with Crippen molar-refractivity contribution in [3.8, 4) is 6.07 Å². The van der Waals surface area contributed by atoms with Crippen LogP contribution in [-0.2, 0) is 0 Å². The van der Waals surface area contributed by atoms with Crippen molar-refractivity contribution >= 4 is 17.3 Å². The normalized spacial score (nSPS) is 9.81. The monoisotopic (exact) mass is 285 g/mol. The minimum absolute atomic E-state index is 0.0940. The van der Waals surface area contributed by atoms with Crippen molar-refractivity contribution in [1.29, 1.82) is 5.26 Å². The molecular formula is C15H12FN3O2. The van der Waals surface area contributed by atoms with Crippen LogP contribution in [0.5, 0.6) is 0 Å². The molecule has 3 N–H and O–H groups in total. The van der Waals surface area contributed by atoms with Crippen LogP contribution >= 0.6 is 0 Å². The Hall–Kier alpha value is -2.91. The van der Waals surface area contributed by atoms with Crippen LogP contribution in [0.3, 0.4) is 0 Å². The number of rotatable bonds is 3. The quantitative estimate of drug-likeness (QED) is 0.598. The molecule has 0 aliphatic carbocycles. The lowest BCUT2D eigenvalue weighted by Gasteiger charge is -2.12. The zero-order valence-electron chi connectivity index (χ0n) is 11.1. The van der Waals surface area contributed by atoms with Crippen LogP contribution in [0.2, 0.25) is 0 Å². The van der Waals surface area contributed by atoms with Crippen LogP contribution in [-0.4, -0.2) is 11.1 Å². The number of hydrogen-bond acceptors (Lipinski definition) is 4. The summed E-state index contributed by atoms with van der Waals surface area (Å²) in [6, 6.07) is 10.7. The van der Waals surface area contributed by atoms with Gasteiger partial charge in [0.1, 0.15) is 5.82 Å². The fourth-order valence-electron chi connectivity index (χ4n) is 1.84. The highest BCUT2D eigenvalue weighted by molar-refractivity contribution is 5.99. The summed E-state index contributed by atoms with van der Waals surface area (Å²) in [7, 11) is 0. The van der Waals surface area contributed by atoms with Crippen LogP contribution in [0.15, 0.2) is 36.4 Å². The summed E-state index contributed by atoms with van der Waals surface area (Å²) in [5, 5.41) is 20.4. The number of aryl methyl sites for hydroxylation is 1. The number of nitrogens with zero attached hydrogens (tertiary/aromatic N) is 1. The van der Waals surface area contributed by atoms with E-state index in [9.17, 15) is 9.18 Å². The lowest BCUT2D eigenvalue weighted by molar-refractivity contribution is 0.0707. The Labute approximate surface area is 120 Å². The second kappa shape index (κ2) is 6.03. The summed E-state index contributed by atoms with van der Waals surface area (Å²) in [6.45, 7) is 1.76. The standard InChI is InChI=1S/C15H12FN3O2/c1-9-2-5-13(12(16)6-9)18-14-7-10(8-17)3-4-11(14)15(20)19-21/h2-7,18,21H,1H3,(H,19,20). The third-order valence-electron chi connectivity index (χ3n) is 2.89. The molecule has 6 heteroatoms. The maximum atomic E-state index is 13.9. The first-order valence-electron chi connectivity index (χ1n) is 6.07. The van der Waals surface area contributed by atoms with Crippen LogP contribution < -0.4 is 10.8 Å². The van der Waals surface area contributed by atoms with E-state index in [2.05, 4.69) is 5.32 Å². The predicted octanol–water partition coefficient (Wildman–Crippen LogP) is 2.87. The predicted molar refractivity (Wildman–Crippen MR) is 74.8 cm³/mol. The number of halogens is 1. The molecule has 0 unspecified atom stereocenters. The maximum Gasteiger partial charge on any atom is 0.276 e. The van der Waals surface area contributed by atoms with Gasteiger partial charge in [0.15, 0.2) is 0 Å². The van der Waals surface area contributed by atoms with E-state index in [1.165, 1.54) is 35.8 Å². The molecule has 2 aromatic rings. The first-order chi connectivity index (χ1) is 10.0. The molecule has 0 saturated carbocycles. The van der Waals surface area contributed by atoms with Crippen LogP contribution in [0.1, 0.15) is 21.5 Å². The van der Waals surface area contributed by atoms with Crippen molar-refractivity contribution in [1.82, 2.24) is 5.48 Å². The number of carbonyl (C=O) groups excluding carboxylic acids is 1. The molecule has 106 valence electrons. The van der Waals surface area contributed by atoms with Crippen molar-refractivity contribution < 1.29 is 14.4 Å². The summed E-state index contributed by atoms with van der Waals surface area (Å²) in [6.07, 6.45) is 0. The fourth-order valence-corrected chi connectivity index (χ4v) is 1.84. The third kappa shape index (κ3) is 3.16. The number of hydroxylamine groups is 1. The smallest absolute Gasteiger partial charge is 0.276 e. The molecule has 0 aliphatic heterocycles. The van der Waals surface area contributed by atoms with E-state index in [1.54, 1.807) is 13.0 Å². The molecule has 0 heterocycles. The van der Waals surface area contributed by atoms with Gasteiger partial charge < -0.3 is 5.32 Å². The van der Waals surface area contributed by atoms with Crippen molar-refractivity contribution in [2.45, 2.75) is 6.92 Å². The van der Waals surface area contributed by atoms with Crippen LogP contribution in [0.25, 0.3) is 0 Å². The zero-order chi connectivity index (χ0) is 15.4. The number of benzene rings is 2. The summed E-state index contributed by atoms with van der Waals surface area (Å²) in [5.74, 6) is -1.23. The third-order valence-corrected chi connectivity index (χ3v) is 2.89. The molecule has 2 aromatic carbocycles. The summed E-state index contributed by atoms with van der Waals surface area (Å²) >= 11 is 0. The van der Waals surface area contributed by atoms with Gasteiger partial charge in [-0.2, -0.15) is 5.26 Å². The van der Waals surface area contributed by atoms with Gasteiger partial charge in [-0.05, 0) is 42.8 Å². The Morgan fingerprint density at radius 3 is 2.62 bits per heavy atom. The average molecular weight is 285 g/mol. The molecule has 0 aromatic heterocycles. The first kappa shape index (κ1) is 14.5. The van der Waals surface area contributed by atoms with E-state index in [-0.39, 0.29) is 16.9 Å². The summed E-state index contributed by atoms with van der Waals surface area (Å²) in [5.41, 5.74) is 3.07. The molecule has 0 aliphatic rings. The number of hydrogen-bond donors (Lipinski definition) is 3. The zero-order valence-corrected chi connectivity index (χ0v) is 11.1. The summed E-state index contributed by atoms with van der Waals surface area (Å²) in [4.78, 5) is 11.6. The molecule has 0 radical (unpaired) electrons. The molecular weight excluding hydrogens is 273 g/mol. The molecule has 2 rings (SSSR count). The van der Waals surface area contributed by atoms with Gasteiger partial charge >= 0.3 is 0 Å². The van der Waals surface area contributed by atoms with E-state index in [4.69, 9.17) is 10.5 Å². The van der Waals surface area contributed by atoms with Crippen molar-refractivity contribution in [3.05, 3.63) is 58.9 Å². The number of nitrogens with one attached hydrogen (secondary N) is 2. The van der Waals surface area contributed by atoms with Gasteiger partial charge in [-0.1, -0.05) is 6.07 Å². The molecule has 21 heavy (non-hydrogen) atoms. The Morgan fingerprint density at radius 2 is 2.00 bits per heavy atom. The second-order valence-electron chi connectivity index (χ2n) is 4.42. The highest BCUT2D eigenvalue weighted by atomic mass is 19.1. The number of nitriles is 1. The second-order valence-corrected chi connectivity index (χ2v) is 4.42. The van der Waals surface area contributed by atoms with Crippen LogP contribution in [0, 0.1) is 24.1 Å². The first-order valence-corrected chi connectivity index (χ1v) is 6.07. The molecule has 0 bridgehead atoms. The van der Waals surface area contributed by atoms with E-state index in [1.807, 2.05) is 6.07 Å². The van der Waals surface area contributed by atoms with E-state index < -0.39 is 11.7 Å². The lowest BCUT2D eigenvalue weighted by Crippen LogP contribution is -2.20. The Kier molecular flexibility index (Phi) is 4.16. The Bertz CT molecular complexity index is 738. The molecule has 0 spiro atoms. The minimum Gasteiger partial charge on any atom is -0.352 e. The highest BCUT2D eigenvalue weighted by Gasteiger charge is 2.13. The lowest BCUT2D eigenvalue weighted by atomic mass is 10.1. The summed E-state index contributed by atoms with van der Waals surface area (Å²) < 4.78 is 13.9. The minimum atomic E-state index is -0.755. The Morgan fingerprint density at radius 1 is 1.24 bits per heavy atom. The van der Waals surface area contributed by atoms with Crippen molar-refractivity contribution in [3.63, 3.8) is 0 Å². The topological polar surface area (TPSA) is 85.2 Å². The van der Waals surface area contributed by atoms with E-state index in [0.717, 1.165) is 5.56 Å². The van der Waals surface area contributed by atoms with Gasteiger partial charge in [0, 0.05) is 0 Å².